The third-order valence-corrected chi connectivity index (χ3v) is 2.99. The molecule has 1 rings (SSSR count). The van der Waals surface area contributed by atoms with Crippen LogP contribution < -0.4 is 5.32 Å². The monoisotopic (exact) mass is 265 g/mol. The Labute approximate surface area is 113 Å². The Bertz CT molecular complexity index is 441. The number of nitrogens with one attached hydrogen (secondary N) is 1. The van der Waals surface area contributed by atoms with Crippen LogP contribution in [0.3, 0.4) is 0 Å². The highest BCUT2D eigenvalue weighted by molar-refractivity contribution is 5.49. The van der Waals surface area contributed by atoms with Crippen LogP contribution in [0.5, 0.6) is 0 Å². The van der Waals surface area contributed by atoms with Gasteiger partial charge in [-0.25, -0.2) is 4.39 Å². The summed E-state index contributed by atoms with van der Waals surface area (Å²) < 4.78 is 13.1. The van der Waals surface area contributed by atoms with Crippen molar-refractivity contribution in [3.8, 4) is 6.07 Å². The molecular formula is C14H20FN3O. The van der Waals surface area contributed by atoms with Crippen molar-refractivity contribution in [2.45, 2.75) is 20.0 Å². The van der Waals surface area contributed by atoms with Crippen LogP contribution in [0.2, 0.25) is 0 Å². The van der Waals surface area contributed by atoms with E-state index in [-0.39, 0.29) is 5.56 Å². The zero-order valence-corrected chi connectivity index (χ0v) is 11.4. The number of benzene rings is 1. The topological polar surface area (TPSA) is 59.3 Å². The van der Waals surface area contributed by atoms with Gasteiger partial charge in [-0.1, -0.05) is 13.8 Å². The van der Waals surface area contributed by atoms with Crippen molar-refractivity contribution in [2.24, 2.45) is 0 Å². The van der Waals surface area contributed by atoms with E-state index in [1.54, 1.807) is 12.1 Å². The highest BCUT2D eigenvalue weighted by Gasteiger charge is 2.09. The first-order chi connectivity index (χ1) is 9.10. The third-order valence-electron chi connectivity index (χ3n) is 2.99. The van der Waals surface area contributed by atoms with Crippen molar-refractivity contribution in [3.63, 3.8) is 0 Å². The fraction of sp³-hybridized carbons (Fsp3) is 0.500. The van der Waals surface area contributed by atoms with Crippen LogP contribution in [0, 0.1) is 17.1 Å². The predicted molar refractivity (Wildman–Crippen MR) is 73.4 cm³/mol. The molecule has 1 aromatic carbocycles. The number of rotatable bonds is 7. The van der Waals surface area contributed by atoms with E-state index in [1.807, 2.05) is 13.8 Å². The van der Waals surface area contributed by atoms with Gasteiger partial charge in [0, 0.05) is 18.8 Å². The van der Waals surface area contributed by atoms with Crippen molar-refractivity contribution in [2.75, 3.05) is 31.5 Å². The third kappa shape index (κ3) is 4.86. The molecule has 1 unspecified atom stereocenters. The summed E-state index contributed by atoms with van der Waals surface area (Å²) in [5, 5.41) is 21.6. The lowest BCUT2D eigenvalue weighted by molar-refractivity contribution is 0.128. The Morgan fingerprint density at radius 1 is 1.42 bits per heavy atom. The van der Waals surface area contributed by atoms with Crippen LogP contribution >= 0.6 is 0 Å². The summed E-state index contributed by atoms with van der Waals surface area (Å²) >= 11 is 0. The van der Waals surface area contributed by atoms with Crippen molar-refractivity contribution >= 4 is 5.69 Å². The maximum atomic E-state index is 13.1. The quantitative estimate of drug-likeness (QED) is 0.789. The number of nitrogens with zero attached hydrogens (tertiary/aromatic N) is 2. The number of aliphatic hydroxyl groups is 1. The van der Waals surface area contributed by atoms with Gasteiger partial charge in [0.1, 0.15) is 11.9 Å². The van der Waals surface area contributed by atoms with Gasteiger partial charge >= 0.3 is 0 Å². The molecule has 5 heteroatoms. The number of likely N-dealkylation sites (N-methyl/N-ethyl adjacent to an activating group) is 1. The second-order valence-corrected chi connectivity index (χ2v) is 4.33. The first-order valence-electron chi connectivity index (χ1n) is 6.44. The van der Waals surface area contributed by atoms with E-state index in [0.717, 1.165) is 13.1 Å². The van der Waals surface area contributed by atoms with E-state index in [4.69, 9.17) is 5.26 Å². The van der Waals surface area contributed by atoms with Crippen LogP contribution in [0.4, 0.5) is 10.1 Å². The van der Waals surface area contributed by atoms with Crippen LogP contribution in [-0.2, 0) is 0 Å². The normalized spacial score (nSPS) is 12.2. The lowest BCUT2D eigenvalue weighted by Gasteiger charge is -2.22. The maximum absolute atomic E-state index is 13.1. The van der Waals surface area contributed by atoms with E-state index in [2.05, 4.69) is 10.2 Å². The lowest BCUT2D eigenvalue weighted by atomic mass is 10.2. The van der Waals surface area contributed by atoms with Crippen LogP contribution in [-0.4, -0.2) is 42.3 Å². The molecule has 0 bridgehead atoms. The summed E-state index contributed by atoms with van der Waals surface area (Å²) in [5.74, 6) is -0.531. The molecule has 1 atom stereocenters. The van der Waals surface area contributed by atoms with E-state index in [1.165, 1.54) is 12.1 Å². The van der Waals surface area contributed by atoms with Crippen LogP contribution in [0.1, 0.15) is 19.4 Å². The number of aliphatic hydroxyl groups excluding tert-OH is 1. The van der Waals surface area contributed by atoms with E-state index in [9.17, 15) is 9.50 Å². The number of hydrogen-bond acceptors (Lipinski definition) is 4. The van der Waals surface area contributed by atoms with Gasteiger partial charge in [-0.15, -0.1) is 0 Å². The number of halogens is 1. The Morgan fingerprint density at radius 3 is 2.68 bits per heavy atom. The Morgan fingerprint density at radius 2 is 2.11 bits per heavy atom. The van der Waals surface area contributed by atoms with Crippen LogP contribution in [0.25, 0.3) is 0 Å². The molecule has 0 radical (unpaired) electrons. The average Bonchev–Trinajstić information content (AvgIpc) is 2.43. The largest absolute Gasteiger partial charge is 0.390 e. The summed E-state index contributed by atoms with van der Waals surface area (Å²) in [6.45, 7) is 6.83. The minimum atomic E-state index is -0.531. The Balaban J connectivity index is 2.50. The molecule has 104 valence electrons. The van der Waals surface area contributed by atoms with Gasteiger partial charge in [-0.05, 0) is 31.3 Å². The smallest absolute Gasteiger partial charge is 0.141 e. The molecule has 0 aromatic heterocycles. The van der Waals surface area contributed by atoms with E-state index in [0.29, 0.717) is 18.8 Å². The molecule has 0 saturated heterocycles. The standard InChI is InChI=1S/C14H20FN3O/c1-3-18(4-2)10-13(19)9-17-12-5-6-14(15)11(7-12)8-16/h5-7,13,17,19H,3-4,9-10H2,1-2H3. The molecule has 0 saturated carbocycles. The van der Waals surface area contributed by atoms with Crippen molar-refractivity contribution in [3.05, 3.63) is 29.6 Å². The van der Waals surface area contributed by atoms with E-state index >= 15 is 0 Å². The minimum absolute atomic E-state index is 0.00299. The molecule has 2 N–H and O–H groups in total. The molecule has 1 aromatic rings. The first-order valence-corrected chi connectivity index (χ1v) is 6.44. The zero-order valence-electron chi connectivity index (χ0n) is 11.4. The minimum Gasteiger partial charge on any atom is -0.390 e. The fourth-order valence-electron chi connectivity index (χ4n) is 1.80. The van der Waals surface area contributed by atoms with Gasteiger partial charge in [0.2, 0.25) is 0 Å². The summed E-state index contributed by atoms with van der Waals surface area (Å²) in [7, 11) is 0. The molecule has 0 heterocycles. The number of hydrogen-bond donors (Lipinski definition) is 2. The number of anilines is 1. The van der Waals surface area contributed by atoms with Gasteiger partial charge in [-0.3, -0.25) is 0 Å². The Kier molecular flexibility index (Phi) is 6.26. The maximum Gasteiger partial charge on any atom is 0.141 e. The van der Waals surface area contributed by atoms with E-state index < -0.39 is 11.9 Å². The van der Waals surface area contributed by atoms with Gasteiger partial charge in [0.15, 0.2) is 0 Å². The summed E-state index contributed by atoms with van der Waals surface area (Å²) in [5.41, 5.74) is 0.639. The van der Waals surface area contributed by atoms with Crippen molar-refractivity contribution in [1.29, 1.82) is 5.26 Å². The molecule has 0 aliphatic carbocycles. The Hall–Kier alpha value is -1.64. The molecule has 19 heavy (non-hydrogen) atoms. The molecule has 0 aliphatic rings. The van der Waals surface area contributed by atoms with Crippen LogP contribution in [0.15, 0.2) is 18.2 Å². The molecular weight excluding hydrogens is 245 g/mol. The number of nitriles is 1. The SMILES string of the molecule is CCN(CC)CC(O)CNc1ccc(F)c(C#N)c1. The highest BCUT2D eigenvalue weighted by atomic mass is 19.1. The highest BCUT2D eigenvalue weighted by Crippen LogP contribution is 2.13. The van der Waals surface area contributed by atoms with Gasteiger partial charge in [0.05, 0.1) is 11.7 Å². The van der Waals surface area contributed by atoms with Gasteiger partial charge in [-0.2, -0.15) is 5.26 Å². The fourth-order valence-corrected chi connectivity index (χ4v) is 1.80. The first kappa shape index (κ1) is 15.4. The second kappa shape index (κ2) is 7.72. The van der Waals surface area contributed by atoms with Gasteiger partial charge < -0.3 is 15.3 Å². The summed E-state index contributed by atoms with van der Waals surface area (Å²) in [6, 6.07) is 6.04. The van der Waals surface area contributed by atoms with Crippen molar-refractivity contribution in [1.82, 2.24) is 4.90 Å². The molecule has 0 aliphatic heterocycles. The van der Waals surface area contributed by atoms with Gasteiger partial charge in [0.25, 0.3) is 0 Å². The molecule has 0 spiro atoms. The van der Waals surface area contributed by atoms with Crippen molar-refractivity contribution < 1.29 is 9.50 Å². The summed E-state index contributed by atoms with van der Waals surface area (Å²) in [6.07, 6.45) is -0.504. The molecule has 0 fully saturated rings. The zero-order chi connectivity index (χ0) is 14.3. The lowest BCUT2D eigenvalue weighted by Crippen LogP contribution is -2.35. The molecule has 4 nitrogen and oxygen atoms in total. The molecule has 0 amide bonds. The second-order valence-electron chi connectivity index (χ2n) is 4.33. The predicted octanol–water partition coefficient (Wildman–Crippen LogP) is 1.81. The summed E-state index contributed by atoms with van der Waals surface area (Å²) in [4.78, 5) is 2.12. The average molecular weight is 265 g/mol.